The summed E-state index contributed by atoms with van der Waals surface area (Å²) in [6, 6.07) is 14.2. The molecule has 0 radical (unpaired) electrons. The molecule has 2 atom stereocenters. The van der Waals surface area contributed by atoms with Crippen LogP contribution in [0.3, 0.4) is 0 Å². The molecular weight excluding hydrogens is 424 g/mol. The van der Waals surface area contributed by atoms with Crippen LogP contribution in [0.5, 0.6) is 0 Å². The summed E-state index contributed by atoms with van der Waals surface area (Å²) >= 11 is 12.1. The summed E-state index contributed by atoms with van der Waals surface area (Å²) in [5.74, 6) is 0. The van der Waals surface area contributed by atoms with Crippen LogP contribution in [0.2, 0.25) is 5.02 Å². The minimum absolute atomic E-state index is 0.0116. The van der Waals surface area contributed by atoms with E-state index in [4.69, 9.17) is 23.8 Å². The van der Waals surface area contributed by atoms with Crippen LogP contribution in [0, 0.1) is 20.8 Å². The SMILES string of the molecule is CCCCN1C(=S)NC(c2ccccn2)C1c1c(C)c(C)n(-c2cccc(Cl)c2)c1C. The molecule has 1 aromatic carbocycles. The first-order chi connectivity index (χ1) is 14.9. The second kappa shape index (κ2) is 9.01. The lowest BCUT2D eigenvalue weighted by Gasteiger charge is -2.29. The van der Waals surface area contributed by atoms with E-state index in [2.05, 4.69) is 59.6 Å². The number of unbranched alkanes of at least 4 members (excludes halogenated alkanes) is 1. The average molecular weight is 453 g/mol. The highest BCUT2D eigenvalue weighted by Gasteiger charge is 2.42. The summed E-state index contributed by atoms with van der Waals surface area (Å²) in [6.07, 6.45) is 4.08. The molecule has 3 aromatic rings. The van der Waals surface area contributed by atoms with Gasteiger partial charge in [-0.05, 0) is 75.3 Å². The summed E-state index contributed by atoms with van der Waals surface area (Å²) in [7, 11) is 0. The van der Waals surface area contributed by atoms with Crippen molar-refractivity contribution in [2.75, 3.05) is 6.54 Å². The molecule has 1 aliphatic rings. The number of thiocarbonyl (C=S) groups is 1. The van der Waals surface area contributed by atoms with Gasteiger partial charge in [-0.3, -0.25) is 4.98 Å². The van der Waals surface area contributed by atoms with E-state index in [-0.39, 0.29) is 12.1 Å². The van der Waals surface area contributed by atoms with Crippen molar-refractivity contribution in [1.29, 1.82) is 0 Å². The molecule has 1 N–H and O–H groups in total. The first kappa shape index (κ1) is 21.8. The molecule has 4 rings (SSSR count). The van der Waals surface area contributed by atoms with Crippen LogP contribution in [-0.4, -0.2) is 26.1 Å². The predicted octanol–water partition coefficient (Wildman–Crippen LogP) is 6.22. The molecule has 2 aromatic heterocycles. The fourth-order valence-corrected chi connectivity index (χ4v) is 5.25. The van der Waals surface area contributed by atoms with Gasteiger partial charge in [0.1, 0.15) is 0 Å². The van der Waals surface area contributed by atoms with Crippen LogP contribution >= 0.6 is 23.8 Å². The van der Waals surface area contributed by atoms with Gasteiger partial charge in [-0.1, -0.05) is 37.1 Å². The fraction of sp³-hybridized carbons (Fsp3) is 0.360. The molecule has 1 aliphatic heterocycles. The number of hydrogen-bond acceptors (Lipinski definition) is 2. The molecule has 1 saturated heterocycles. The number of benzene rings is 1. The Morgan fingerprint density at radius 1 is 1.10 bits per heavy atom. The Balaban J connectivity index is 1.88. The Labute approximate surface area is 195 Å². The Morgan fingerprint density at radius 3 is 2.58 bits per heavy atom. The van der Waals surface area contributed by atoms with Crippen molar-refractivity contribution in [3.05, 3.63) is 81.9 Å². The van der Waals surface area contributed by atoms with Crippen LogP contribution in [0.1, 0.15) is 60.1 Å². The van der Waals surface area contributed by atoms with Crippen molar-refractivity contribution in [2.45, 2.75) is 52.6 Å². The zero-order valence-electron chi connectivity index (χ0n) is 18.5. The fourth-order valence-electron chi connectivity index (χ4n) is 4.73. The van der Waals surface area contributed by atoms with E-state index in [9.17, 15) is 0 Å². The van der Waals surface area contributed by atoms with Crippen molar-refractivity contribution < 1.29 is 0 Å². The standard InChI is InChI=1S/C25H29ClN4S/c1-5-6-14-29-24(23(28-25(29)31)21-12-7-8-13-27-21)22-16(2)17(3)30(18(22)4)20-11-9-10-19(26)15-20/h7-13,15,23-24H,5-6,14H2,1-4H3,(H,28,31). The lowest BCUT2D eigenvalue weighted by atomic mass is 9.93. The molecule has 162 valence electrons. The summed E-state index contributed by atoms with van der Waals surface area (Å²) in [5.41, 5.74) is 7.15. The zero-order valence-corrected chi connectivity index (χ0v) is 20.1. The maximum atomic E-state index is 6.32. The molecule has 0 bridgehead atoms. The van der Waals surface area contributed by atoms with E-state index >= 15 is 0 Å². The van der Waals surface area contributed by atoms with Gasteiger partial charge in [-0.2, -0.15) is 0 Å². The highest BCUT2D eigenvalue weighted by Crippen LogP contribution is 2.43. The highest BCUT2D eigenvalue weighted by molar-refractivity contribution is 7.80. The Hall–Kier alpha value is -2.37. The molecule has 3 heterocycles. The highest BCUT2D eigenvalue weighted by atomic mass is 35.5. The summed E-state index contributed by atoms with van der Waals surface area (Å²) in [4.78, 5) is 7.03. The number of pyridine rings is 1. The third kappa shape index (κ3) is 3.97. The molecule has 4 nitrogen and oxygen atoms in total. The second-order valence-corrected chi connectivity index (χ2v) is 9.02. The van der Waals surface area contributed by atoms with Crippen LogP contribution in [-0.2, 0) is 0 Å². The van der Waals surface area contributed by atoms with Crippen LogP contribution < -0.4 is 5.32 Å². The largest absolute Gasteiger partial charge is 0.352 e. The molecule has 6 heteroatoms. The first-order valence-electron chi connectivity index (χ1n) is 10.9. The maximum absolute atomic E-state index is 6.32. The third-order valence-electron chi connectivity index (χ3n) is 6.32. The van der Waals surface area contributed by atoms with Crippen molar-refractivity contribution in [3.63, 3.8) is 0 Å². The van der Waals surface area contributed by atoms with Crippen LogP contribution in [0.25, 0.3) is 5.69 Å². The second-order valence-electron chi connectivity index (χ2n) is 8.20. The van der Waals surface area contributed by atoms with Gasteiger partial charge >= 0.3 is 0 Å². The predicted molar refractivity (Wildman–Crippen MR) is 132 cm³/mol. The van der Waals surface area contributed by atoms with E-state index in [1.807, 2.05) is 36.5 Å². The molecule has 31 heavy (non-hydrogen) atoms. The third-order valence-corrected chi connectivity index (χ3v) is 6.91. The number of halogens is 1. The Kier molecular flexibility index (Phi) is 6.35. The van der Waals surface area contributed by atoms with Gasteiger partial charge < -0.3 is 14.8 Å². The molecule has 0 amide bonds. The summed E-state index contributed by atoms with van der Waals surface area (Å²) in [5, 5.41) is 5.12. The van der Waals surface area contributed by atoms with Gasteiger partial charge in [-0.25, -0.2) is 0 Å². The van der Waals surface area contributed by atoms with E-state index in [0.29, 0.717) is 0 Å². The smallest absolute Gasteiger partial charge is 0.170 e. The van der Waals surface area contributed by atoms with Gasteiger partial charge in [0.25, 0.3) is 0 Å². The van der Waals surface area contributed by atoms with Gasteiger partial charge in [-0.15, -0.1) is 0 Å². The maximum Gasteiger partial charge on any atom is 0.170 e. The van der Waals surface area contributed by atoms with Crippen molar-refractivity contribution in [1.82, 2.24) is 19.8 Å². The van der Waals surface area contributed by atoms with E-state index in [0.717, 1.165) is 40.9 Å². The van der Waals surface area contributed by atoms with Crippen molar-refractivity contribution >= 4 is 28.9 Å². The summed E-state index contributed by atoms with van der Waals surface area (Å²) in [6.45, 7) is 9.74. The molecular formula is C25H29ClN4S. The van der Waals surface area contributed by atoms with Gasteiger partial charge in [0.05, 0.1) is 17.8 Å². The molecule has 2 unspecified atom stereocenters. The van der Waals surface area contributed by atoms with E-state index < -0.39 is 0 Å². The van der Waals surface area contributed by atoms with Gasteiger partial charge in [0, 0.05) is 40.4 Å². The lowest BCUT2D eigenvalue weighted by molar-refractivity contribution is 0.311. The van der Waals surface area contributed by atoms with Gasteiger partial charge in [0.15, 0.2) is 5.11 Å². The average Bonchev–Trinajstić information content (AvgIpc) is 3.19. The number of nitrogens with one attached hydrogen (secondary N) is 1. The van der Waals surface area contributed by atoms with Crippen molar-refractivity contribution in [3.8, 4) is 5.69 Å². The number of aromatic nitrogens is 2. The monoisotopic (exact) mass is 452 g/mol. The molecule has 0 saturated carbocycles. The van der Waals surface area contributed by atoms with Gasteiger partial charge in [0.2, 0.25) is 0 Å². The lowest BCUT2D eigenvalue weighted by Crippen LogP contribution is -2.31. The number of rotatable bonds is 6. The van der Waals surface area contributed by atoms with Crippen molar-refractivity contribution in [2.24, 2.45) is 0 Å². The quantitative estimate of drug-likeness (QED) is 0.450. The number of nitrogens with zero attached hydrogens (tertiary/aromatic N) is 3. The molecule has 1 fully saturated rings. The topological polar surface area (TPSA) is 33.1 Å². The molecule has 0 aliphatic carbocycles. The zero-order chi connectivity index (χ0) is 22.1. The Morgan fingerprint density at radius 2 is 1.90 bits per heavy atom. The molecule has 0 spiro atoms. The van der Waals surface area contributed by atoms with Crippen LogP contribution in [0.15, 0.2) is 48.7 Å². The van der Waals surface area contributed by atoms with E-state index in [1.54, 1.807) is 0 Å². The first-order valence-corrected chi connectivity index (χ1v) is 11.6. The summed E-state index contributed by atoms with van der Waals surface area (Å²) < 4.78 is 2.31. The van der Waals surface area contributed by atoms with Crippen LogP contribution in [0.4, 0.5) is 0 Å². The minimum atomic E-state index is 0.0116. The number of hydrogen-bond donors (Lipinski definition) is 1. The van der Waals surface area contributed by atoms with E-state index in [1.165, 1.54) is 22.5 Å². The Bertz CT molecular complexity index is 1090. The normalized spacial score (nSPS) is 18.5. The minimum Gasteiger partial charge on any atom is -0.352 e.